The molecule has 68 valence electrons. The summed E-state index contributed by atoms with van der Waals surface area (Å²) in [5, 5.41) is 12.1. The molecule has 0 saturated carbocycles. The highest BCUT2D eigenvalue weighted by molar-refractivity contribution is 4.76. The molecule has 0 heterocycles. The zero-order valence-electron chi connectivity index (χ0n) is 7.98. The molecule has 0 atom stereocenters. The second kappa shape index (κ2) is 5.56. The summed E-state index contributed by atoms with van der Waals surface area (Å²) in [5.41, 5.74) is 0.101. The largest absolute Gasteiger partial charge is 0.396 e. The van der Waals surface area contributed by atoms with Crippen LogP contribution in [-0.2, 0) is 0 Å². The van der Waals surface area contributed by atoms with E-state index in [1.807, 2.05) is 0 Å². The van der Waals surface area contributed by atoms with Gasteiger partial charge in [-0.1, -0.05) is 13.3 Å². The van der Waals surface area contributed by atoms with Crippen molar-refractivity contribution in [1.82, 2.24) is 5.32 Å². The SMILES string of the molecule is CCCCNC(C)(C)CCO. The minimum absolute atomic E-state index is 0.101. The number of hydrogen-bond acceptors (Lipinski definition) is 2. The van der Waals surface area contributed by atoms with Crippen molar-refractivity contribution in [3.05, 3.63) is 0 Å². The van der Waals surface area contributed by atoms with Crippen LogP contribution in [0.2, 0.25) is 0 Å². The van der Waals surface area contributed by atoms with Crippen molar-refractivity contribution >= 4 is 0 Å². The molecular weight excluding hydrogens is 138 g/mol. The van der Waals surface area contributed by atoms with E-state index in [2.05, 4.69) is 26.1 Å². The Morgan fingerprint density at radius 2 is 2.00 bits per heavy atom. The van der Waals surface area contributed by atoms with E-state index in [-0.39, 0.29) is 12.1 Å². The maximum atomic E-state index is 8.72. The van der Waals surface area contributed by atoms with Gasteiger partial charge in [0.1, 0.15) is 0 Å². The van der Waals surface area contributed by atoms with Crippen LogP contribution >= 0.6 is 0 Å². The molecule has 0 aliphatic rings. The zero-order valence-corrected chi connectivity index (χ0v) is 7.98. The molecular formula is C9H21NO. The van der Waals surface area contributed by atoms with E-state index >= 15 is 0 Å². The monoisotopic (exact) mass is 159 g/mol. The molecule has 0 saturated heterocycles. The van der Waals surface area contributed by atoms with Crippen molar-refractivity contribution in [2.45, 2.75) is 45.6 Å². The third-order valence-electron chi connectivity index (χ3n) is 1.87. The molecule has 0 aromatic rings. The van der Waals surface area contributed by atoms with E-state index in [0.29, 0.717) is 0 Å². The van der Waals surface area contributed by atoms with E-state index in [9.17, 15) is 0 Å². The summed E-state index contributed by atoms with van der Waals surface area (Å²) in [5.74, 6) is 0. The fourth-order valence-corrected chi connectivity index (χ4v) is 0.971. The van der Waals surface area contributed by atoms with Gasteiger partial charge in [-0.15, -0.1) is 0 Å². The highest BCUT2D eigenvalue weighted by Gasteiger charge is 2.14. The Kier molecular flexibility index (Phi) is 5.51. The van der Waals surface area contributed by atoms with Crippen molar-refractivity contribution < 1.29 is 5.11 Å². The van der Waals surface area contributed by atoms with Gasteiger partial charge in [-0.05, 0) is 33.2 Å². The summed E-state index contributed by atoms with van der Waals surface area (Å²) in [4.78, 5) is 0. The quantitative estimate of drug-likeness (QED) is 0.576. The Balaban J connectivity index is 3.38. The maximum Gasteiger partial charge on any atom is 0.0448 e. The van der Waals surface area contributed by atoms with E-state index in [1.165, 1.54) is 12.8 Å². The molecule has 0 aliphatic heterocycles. The third kappa shape index (κ3) is 6.32. The van der Waals surface area contributed by atoms with Crippen LogP contribution < -0.4 is 5.32 Å². The molecule has 0 fully saturated rings. The zero-order chi connectivity index (χ0) is 8.74. The molecule has 0 aromatic heterocycles. The minimum Gasteiger partial charge on any atom is -0.396 e. The summed E-state index contributed by atoms with van der Waals surface area (Å²) < 4.78 is 0. The predicted octanol–water partition coefficient (Wildman–Crippen LogP) is 1.54. The summed E-state index contributed by atoms with van der Waals surface area (Å²) in [6, 6.07) is 0. The summed E-state index contributed by atoms with van der Waals surface area (Å²) in [7, 11) is 0. The second-order valence-electron chi connectivity index (χ2n) is 3.64. The van der Waals surface area contributed by atoms with Crippen LogP contribution in [0.5, 0.6) is 0 Å². The van der Waals surface area contributed by atoms with Gasteiger partial charge in [0.25, 0.3) is 0 Å². The highest BCUT2D eigenvalue weighted by atomic mass is 16.3. The van der Waals surface area contributed by atoms with Crippen molar-refractivity contribution in [1.29, 1.82) is 0 Å². The first-order valence-electron chi connectivity index (χ1n) is 4.48. The van der Waals surface area contributed by atoms with Gasteiger partial charge in [-0.25, -0.2) is 0 Å². The molecule has 2 nitrogen and oxygen atoms in total. The molecule has 0 spiro atoms. The lowest BCUT2D eigenvalue weighted by atomic mass is 10.0. The van der Waals surface area contributed by atoms with Gasteiger partial charge in [0.2, 0.25) is 0 Å². The number of aliphatic hydroxyl groups excluding tert-OH is 1. The van der Waals surface area contributed by atoms with E-state index in [1.54, 1.807) is 0 Å². The van der Waals surface area contributed by atoms with Gasteiger partial charge < -0.3 is 10.4 Å². The molecule has 0 amide bonds. The minimum atomic E-state index is 0.101. The van der Waals surface area contributed by atoms with Crippen LogP contribution in [-0.4, -0.2) is 23.8 Å². The predicted molar refractivity (Wildman–Crippen MR) is 48.7 cm³/mol. The van der Waals surface area contributed by atoms with Crippen LogP contribution in [0.15, 0.2) is 0 Å². The van der Waals surface area contributed by atoms with Crippen LogP contribution in [0.4, 0.5) is 0 Å². The maximum absolute atomic E-state index is 8.72. The molecule has 11 heavy (non-hydrogen) atoms. The van der Waals surface area contributed by atoms with Gasteiger partial charge in [-0.3, -0.25) is 0 Å². The average Bonchev–Trinajstić information content (AvgIpc) is 1.87. The standard InChI is InChI=1S/C9H21NO/c1-4-5-7-10-9(2,3)6-8-11/h10-11H,4-8H2,1-3H3. The second-order valence-corrected chi connectivity index (χ2v) is 3.64. The Morgan fingerprint density at radius 3 is 2.45 bits per heavy atom. The Bertz CT molecular complexity index is 91.6. The fourth-order valence-electron chi connectivity index (χ4n) is 0.971. The molecule has 0 unspecified atom stereocenters. The normalized spacial score (nSPS) is 12.0. The van der Waals surface area contributed by atoms with Crippen LogP contribution in [0.3, 0.4) is 0 Å². The molecule has 0 rings (SSSR count). The van der Waals surface area contributed by atoms with Crippen molar-refractivity contribution in [3.8, 4) is 0 Å². The first-order chi connectivity index (χ1) is 5.12. The Labute approximate surface area is 70.0 Å². The lowest BCUT2D eigenvalue weighted by Gasteiger charge is -2.25. The first kappa shape index (κ1) is 10.9. The highest BCUT2D eigenvalue weighted by Crippen LogP contribution is 2.06. The van der Waals surface area contributed by atoms with Gasteiger partial charge in [0.05, 0.1) is 0 Å². The number of rotatable bonds is 6. The number of aliphatic hydroxyl groups is 1. The average molecular weight is 159 g/mol. The van der Waals surface area contributed by atoms with E-state index in [0.717, 1.165) is 13.0 Å². The first-order valence-corrected chi connectivity index (χ1v) is 4.48. The smallest absolute Gasteiger partial charge is 0.0448 e. The van der Waals surface area contributed by atoms with Crippen LogP contribution in [0.1, 0.15) is 40.0 Å². The summed E-state index contributed by atoms with van der Waals surface area (Å²) in [6.45, 7) is 7.76. The Morgan fingerprint density at radius 1 is 1.36 bits per heavy atom. The Hall–Kier alpha value is -0.0800. The van der Waals surface area contributed by atoms with Crippen molar-refractivity contribution in [3.63, 3.8) is 0 Å². The summed E-state index contributed by atoms with van der Waals surface area (Å²) in [6.07, 6.45) is 3.27. The molecule has 0 aromatic carbocycles. The topological polar surface area (TPSA) is 32.3 Å². The van der Waals surface area contributed by atoms with Crippen LogP contribution in [0.25, 0.3) is 0 Å². The fraction of sp³-hybridized carbons (Fsp3) is 1.00. The van der Waals surface area contributed by atoms with Crippen molar-refractivity contribution in [2.75, 3.05) is 13.2 Å². The van der Waals surface area contributed by atoms with Gasteiger partial charge in [0.15, 0.2) is 0 Å². The number of hydrogen-bond donors (Lipinski definition) is 2. The molecule has 0 aliphatic carbocycles. The molecule has 0 bridgehead atoms. The summed E-state index contributed by atoms with van der Waals surface area (Å²) >= 11 is 0. The third-order valence-corrected chi connectivity index (χ3v) is 1.87. The van der Waals surface area contributed by atoms with E-state index in [4.69, 9.17) is 5.11 Å². The van der Waals surface area contributed by atoms with Gasteiger partial charge >= 0.3 is 0 Å². The lowest BCUT2D eigenvalue weighted by Crippen LogP contribution is -2.40. The van der Waals surface area contributed by atoms with Gasteiger partial charge in [0, 0.05) is 12.1 Å². The number of unbranched alkanes of at least 4 members (excludes halogenated alkanes) is 1. The number of nitrogens with one attached hydrogen (secondary N) is 1. The van der Waals surface area contributed by atoms with Crippen LogP contribution in [0, 0.1) is 0 Å². The van der Waals surface area contributed by atoms with Crippen molar-refractivity contribution in [2.24, 2.45) is 0 Å². The van der Waals surface area contributed by atoms with Gasteiger partial charge in [-0.2, -0.15) is 0 Å². The van der Waals surface area contributed by atoms with E-state index < -0.39 is 0 Å². The molecule has 2 N–H and O–H groups in total. The lowest BCUT2D eigenvalue weighted by molar-refractivity contribution is 0.231. The molecule has 2 heteroatoms. The molecule has 0 radical (unpaired) electrons.